The largest absolute Gasteiger partial charge is 0.381 e. The van der Waals surface area contributed by atoms with Crippen LogP contribution in [0.25, 0.3) is 10.9 Å². The van der Waals surface area contributed by atoms with Crippen molar-refractivity contribution in [3.8, 4) is 0 Å². The van der Waals surface area contributed by atoms with Crippen LogP contribution in [0.1, 0.15) is 11.3 Å². The lowest BCUT2D eigenvalue weighted by molar-refractivity contribution is 1.14. The van der Waals surface area contributed by atoms with Crippen LogP contribution in [0, 0.1) is 0 Å². The van der Waals surface area contributed by atoms with Crippen molar-refractivity contribution in [3.63, 3.8) is 0 Å². The standard InChI is InChI=1S/C12H10N4S/c13-12-11(15-17-16-12)7-8-5-6-14-10-4-2-1-3-9(8)10/h1-6H,7H2,(H2,13,16). The molecule has 0 radical (unpaired) electrons. The van der Waals surface area contributed by atoms with Gasteiger partial charge in [-0.25, -0.2) is 0 Å². The van der Waals surface area contributed by atoms with Crippen molar-refractivity contribution >= 4 is 28.4 Å². The highest BCUT2D eigenvalue weighted by Gasteiger charge is 2.08. The van der Waals surface area contributed by atoms with Crippen LogP contribution < -0.4 is 5.73 Å². The Hall–Kier alpha value is -2.01. The molecule has 0 atom stereocenters. The van der Waals surface area contributed by atoms with Gasteiger partial charge in [0.15, 0.2) is 5.82 Å². The summed E-state index contributed by atoms with van der Waals surface area (Å²) in [5.74, 6) is 0.524. The summed E-state index contributed by atoms with van der Waals surface area (Å²) in [4.78, 5) is 4.33. The van der Waals surface area contributed by atoms with E-state index in [-0.39, 0.29) is 0 Å². The van der Waals surface area contributed by atoms with Crippen LogP contribution in [0.15, 0.2) is 36.5 Å². The summed E-state index contributed by atoms with van der Waals surface area (Å²) < 4.78 is 8.19. The summed E-state index contributed by atoms with van der Waals surface area (Å²) in [6, 6.07) is 10.1. The van der Waals surface area contributed by atoms with Crippen LogP contribution in [0.2, 0.25) is 0 Å². The topological polar surface area (TPSA) is 64.7 Å². The maximum atomic E-state index is 5.75. The molecular formula is C12H10N4S. The first-order valence-electron chi connectivity index (χ1n) is 5.24. The fourth-order valence-electron chi connectivity index (χ4n) is 1.83. The smallest absolute Gasteiger partial charge is 0.161 e. The van der Waals surface area contributed by atoms with Crippen LogP contribution in [0.3, 0.4) is 0 Å². The summed E-state index contributed by atoms with van der Waals surface area (Å²) in [5.41, 5.74) is 8.76. The lowest BCUT2D eigenvalue weighted by Gasteiger charge is -2.04. The van der Waals surface area contributed by atoms with Gasteiger partial charge in [-0.3, -0.25) is 4.98 Å². The molecule has 0 saturated heterocycles. The zero-order chi connectivity index (χ0) is 11.7. The van der Waals surface area contributed by atoms with Crippen LogP contribution in [0.5, 0.6) is 0 Å². The monoisotopic (exact) mass is 242 g/mol. The van der Waals surface area contributed by atoms with Crippen molar-refractivity contribution in [3.05, 3.63) is 47.8 Å². The lowest BCUT2D eigenvalue weighted by Crippen LogP contribution is -1.96. The molecule has 5 heteroatoms. The second-order valence-electron chi connectivity index (χ2n) is 3.76. The molecule has 0 aliphatic rings. The maximum absolute atomic E-state index is 5.75. The van der Waals surface area contributed by atoms with E-state index in [4.69, 9.17) is 5.73 Å². The number of hydrogen-bond donors (Lipinski definition) is 1. The Bertz CT molecular complexity index is 657. The SMILES string of the molecule is Nc1nsnc1Cc1ccnc2ccccc12. The predicted octanol–water partition coefficient (Wildman–Crippen LogP) is 2.26. The molecule has 0 fully saturated rings. The molecule has 0 unspecified atom stereocenters. The molecule has 0 amide bonds. The molecule has 0 spiro atoms. The highest BCUT2D eigenvalue weighted by molar-refractivity contribution is 6.99. The van der Waals surface area contributed by atoms with Gasteiger partial charge in [-0.1, -0.05) is 18.2 Å². The molecule has 3 aromatic rings. The van der Waals surface area contributed by atoms with Crippen molar-refractivity contribution in [1.29, 1.82) is 0 Å². The van der Waals surface area contributed by atoms with Crippen molar-refractivity contribution in [2.45, 2.75) is 6.42 Å². The molecule has 0 bridgehead atoms. The molecule has 0 aliphatic heterocycles. The number of para-hydroxylation sites is 1. The third-order valence-electron chi connectivity index (χ3n) is 2.68. The van der Waals surface area contributed by atoms with Gasteiger partial charge in [0.1, 0.15) is 5.69 Å². The lowest BCUT2D eigenvalue weighted by atomic mass is 10.0. The summed E-state index contributed by atoms with van der Waals surface area (Å²) >= 11 is 1.15. The zero-order valence-electron chi connectivity index (χ0n) is 9.00. The van der Waals surface area contributed by atoms with Crippen LogP contribution in [0.4, 0.5) is 5.82 Å². The van der Waals surface area contributed by atoms with Crippen LogP contribution in [-0.4, -0.2) is 13.7 Å². The number of benzene rings is 1. The first kappa shape index (κ1) is 10.2. The number of nitrogen functional groups attached to an aromatic ring is 1. The molecule has 2 N–H and O–H groups in total. The Balaban J connectivity index is 2.09. The number of anilines is 1. The fraction of sp³-hybridized carbons (Fsp3) is 0.0833. The van der Waals surface area contributed by atoms with Crippen LogP contribution in [-0.2, 0) is 6.42 Å². The second kappa shape index (κ2) is 4.10. The van der Waals surface area contributed by atoms with Gasteiger partial charge < -0.3 is 5.73 Å². The predicted molar refractivity (Wildman–Crippen MR) is 68.9 cm³/mol. The van der Waals surface area contributed by atoms with Crippen molar-refractivity contribution in [1.82, 2.24) is 13.7 Å². The van der Waals surface area contributed by atoms with E-state index in [2.05, 4.69) is 19.8 Å². The highest BCUT2D eigenvalue weighted by atomic mass is 32.1. The van der Waals surface area contributed by atoms with Gasteiger partial charge in [-0.2, -0.15) is 8.75 Å². The van der Waals surface area contributed by atoms with Crippen molar-refractivity contribution < 1.29 is 0 Å². The minimum Gasteiger partial charge on any atom is -0.381 e. The number of rotatable bonds is 2. The number of nitrogens with two attached hydrogens (primary N) is 1. The third-order valence-corrected chi connectivity index (χ3v) is 3.26. The van der Waals surface area contributed by atoms with E-state index >= 15 is 0 Å². The molecule has 2 heterocycles. The van der Waals surface area contributed by atoms with Crippen LogP contribution >= 0.6 is 11.7 Å². The summed E-state index contributed by atoms with van der Waals surface area (Å²) in [6.07, 6.45) is 2.51. The number of aromatic nitrogens is 3. The summed E-state index contributed by atoms with van der Waals surface area (Å²) in [5, 5.41) is 1.14. The molecule has 4 nitrogen and oxygen atoms in total. The minimum absolute atomic E-state index is 0.524. The second-order valence-corrected chi connectivity index (χ2v) is 4.29. The molecule has 0 aliphatic carbocycles. The minimum atomic E-state index is 0.524. The van der Waals surface area contributed by atoms with E-state index in [1.165, 1.54) is 5.56 Å². The molecule has 3 rings (SSSR count). The van der Waals surface area contributed by atoms with Gasteiger partial charge in [0.25, 0.3) is 0 Å². The van der Waals surface area contributed by atoms with Gasteiger partial charge in [0.05, 0.1) is 17.2 Å². The Morgan fingerprint density at radius 1 is 1.12 bits per heavy atom. The van der Waals surface area contributed by atoms with E-state index in [9.17, 15) is 0 Å². The Morgan fingerprint density at radius 3 is 2.82 bits per heavy atom. The Labute approximate surface area is 102 Å². The van der Waals surface area contributed by atoms with E-state index in [0.717, 1.165) is 28.3 Å². The average molecular weight is 242 g/mol. The molecule has 0 saturated carbocycles. The third kappa shape index (κ3) is 1.85. The van der Waals surface area contributed by atoms with Gasteiger partial charge in [0, 0.05) is 18.0 Å². The van der Waals surface area contributed by atoms with E-state index < -0.39 is 0 Å². The first-order chi connectivity index (χ1) is 8.34. The van der Waals surface area contributed by atoms with E-state index in [1.54, 1.807) is 0 Å². The van der Waals surface area contributed by atoms with Gasteiger partial charge in [-0.05, 0) is 17.7 Å². The quantitative estimate of drug-likeness (QED) is 0.748. The zero-order valence-corrected chi connectivity index (χ0v) is 9.81. The Morgan fingerprint density at radius 2 is 2.00 bits per heavy atom. The molecule has 2 aromatic heterocycles. The Kier molecular flexibility index (Phi) is 2.45. The molecule has 1 aromatic carbocycles. The fourth-order valence-corrected chi connectivity index (χ4v) is 2.32. The molecule has 17 heavy (non-hydrogen) atoms. The van der Waals surface area contributed by atoms with Crippen molar-refractivity contribution in [2.24, 2.45) is 0 Å². The first-order valence-corrected chi connectivity index (χ1v) is 5.97. The molecular weight excluding hydrogens is 232 g/mol. The highest BCUT2D eigenvalue weighted by Crippen LogP contribution is 2.20. The van der Waals surface area contributed by atoms with Gasteiger partial charge in [0.2, 0.25) is 0 Å². The molecule has 84 valence electrons. The average Bonchev–Trinajstić information content (AvgIpc) is 2.76. The van der Waals surface area contributed by atoms with Gasteiger partial charge in [-0.15, -0.1) is 0 Å². The normalized spacial score (nSPS) is 10.8. The summed E-state index contributed by atoms with van der Waals surface area (Å²) in [6.45, 7) is 0. The summed E-state index contributed by atoms with van der Waals surface area (Å²) in [7, 11) is 0. The van der Waals surface area contributed by atoms with E-state index in [0.29, 0.717) is 12.2 Å². The van der Waals surface area contributed by atoms with Gasteiger partial charge >= 0.3 is 0 Å². The van der Waals surface area contributed by atoms with E-state index in [1.807, 2.05) is 30.5 Å². The maximum Gasteiger partial charge on any atom is 0.161 e. The number of hydrogen-bond acceptors (Lipinski definition) is 5. The van der Waals surface area contributed by atoms with Crippen molar-refractivity contribution in [2.75, 3.05) is 5.73 Å². The number of nitrogens with zero attached hydrogens (tertiary/aromatic N) is 3. The number of fused-ring (bicyclic) bond motifs is 1. The number of pyridine rings is 1.